The highest BCUT2D eigenvalue weighted by molar-refractivity contribution is 6.34. The summed E-state index contributed by atoms with van der Waals surface area (Å²) in [6.07, 6.45) is 17.0. The number of carbonyl (C=O) groups excluding carboxylic acids is 2. The van der Waals surface area contributed by atoms with Crippen LogP contribution < -0.4 is 0 Å². The van der Waals surface area contributed by atoms with Crippen LogP contribution in [0.5, 0.6) is 0 Å². The minimum atomic E-state index is -0.491. The van der Waals surface area contributed by atoms with Crippen molar-refractivity contribution in [2.45, 2.75) is 51.9 Å². The fourth-order valence-electron chi connectivity index (χ4n) is 1.95. The summed E-state index contributed by atoms with van der Waals surface area (Å²) >= 11 is 0. The molecule has 0 aromatic rings. The molecule has 0 aliphatic heterocycles. The third kappa shape index (κ3) is 10.2. The zero-order valence-electron chi connectivity index (χ0n) is 14.7. The van der Waals surface area contributed by atoms with Gasteiger partial charge in [0.15, 0.2) is 0 Å². The van der Waals surface area contributed by atoms with Crippen molar-refractivity contribution in [2.24, 2.45) is 0 Å². The van der Waals surface area contributed by atoms with Gasteiger partial charge in [-0.2, -0.15) is 0 Å². The Kier molecular flexibility index (Phi) is 12.2. The number of hydrogen-bond acceptors (Lipinski definition) is 2. The van der Waals surface area contributed by atoms with Crippen molar-refractivity contribution in [3.8, 4) is 0 Å². The van der Waals surface area contributed by atoms with E-state index < -0.39 is 11.8 Å². The molecule has 0 bridgehead atoms. The molecule has 2 amide bonds. The molecule has 0 aliphatic carbocycles. The van der Waals surface area contributed by atoms with Crippen molar-refractivity contribution in [1.29, 1.82) is 0 Å². The maximum Gasteiger partial charge on any atom is 0.312 e. The molecule has 0 aromatic heterocycles. The number of rotatable bonds is 10. The third-order valence-corrected chi connectivity index (χ3v) is 3.42. The Balaban J connectivity index is 3.74. The number of allylic oxidation sites excluding steroid dienone is 3. The molecular formula is C18H32N2O2. The summed E-state index contributed by atoms with van der Waals surface area (Å²) in [5.74, 6) is -0.972. The minimum absolute atomic E-state index is 0.444. The SMILES string of the molecule is CCCCCCCC/C=C/C=C/CN(C)C(=O)C(=O)N(C)C. The Morgan fingerprint density at radius 3 is 2.05 bits per heavy atom. The normalized spacial score (nSPS) is 11.3. The zero-order valence-corrected chi connectivity index (χ0v) is 14.7. The molecular weight excluding hydrogens is 276 g/mol. The molecule has 0 fully saturated rings. The van der Waals surface area contributed by atoms with Gasteiger partial charge in [-0.25, -0.2) is 0 Å². The number of unbranched alkanes of at least 4 members (excludes halogenated alkanes) is 6. The molecule has 0 saturated carbocycles. The van der Waals surface area contributed by atoms with Gasteiger partial charge in [0.2, 0.25) is 0 Å². The first kappa shape index (κ1) is 20.4. The van der Waals surface area contributed by atoms with Gasteiger partial charge in [0.25, 0.3) is 0 Å². The van der Waals surface area contributed by atoms with Crippen molar-refractivity contribution < 1.29 is 9.59 Å². The van der Waals surface area contributed by atoms with Crippen molar-refractivity contribution in [2.75, 3.05) is 27.7 Å². The average Bonchev–Trinajstić information content (AvgIpc) is 2.50. The molecule has 0 saturated heterocycles. The van der Waals surface area contributed by atoms with Gasteiger partial charge in [-0.1, -0.05) is 63.3 Å². The van der Waals surface area contributed by atoms with Gasteiger partial charge < -0.3 is 9.80 Å². The summed E-state index contributed by atoms with van der Waals surface area (Å²) in [6.45, 7) is 2.68. The highest BCUT2D eigenvalue weighted by Crippen LogP contribution is 2.07. The first-order valence-corrected chi connectivity index (χ1v) is 8.29. The lowest BCUT2D eigenvalue weighted by molar-refractivity contribution is -0.149. The predicted octanol–water partition coefficient (Wildman–Crippen LogP) is 3.40. The van der Waals surface area contributed by atoms with Crippen LogP contribution in [0, 0.1) is 0 Å². The van der Waals surface area contributed by atoms with Crippen LogP contribution in [0.4, 0.5) is 0 Å². The van der Waals surface area contributed by atoms with Crippen molar-refractivity contribution in [3.05, 3.63) is 24.3 Å². The Bertz CT molecular complexity index is 373. The van der Waals surface area contributed by atoms with E-state index in [-0.39, 0.29) is 0 Å². The Morgan fingerprint density at radius 2 is 1.41 bits per heavy atom. The van der Waals surface area contributed by atoms with Crippen LogP contribution in [0.15, 0.2) is 24.3 Å². The van der Waals surface area contributed by atoms with E-state index in [4.69, 9.17) is 0 Å². The third-order valence-electron chi connectivity index (χ3n) is 3.42. The standard InChI is InChI=1S/C18H32N2O2/c1-5-6-7-8-9-10-11-12-13-14-15-16-20(4)18(22)17(21)19(2)3/h12-15H,5-11,16H2,1-4H3/b13-12+,15-14+. The molecule has 0 aliphatic rings. The molecule has 126 valence electrons. The van der Waals surface area contributed by atoms with Crippen LogP contribution in [0.2, 0.25) is 0 Å². The molecule has 0 aromatic carbocycles. The maximum atomic E-state index is 11.7. The van der Waals surface area contributed by atoms with Crippen LogP contribution in [0.25, 0.3) is 0 Å². The van der Waals surface area contributed by atoms with E-state index in [0.717, 1.165) is 6.42 Å². The smallest absolute Gasteiger partial charge is 0.312 e. The van der Waals surface area contributed by atoms with Gasteiger partial charge in [-0.05, 0) is 12.8 Å². The molecule has 0 N–H and O–H groups in total. The summed E-state index contributed by atoms with van der Waals surface area (Å²) in [5.41, 5.74) is 0. The molecule has 0 unspecified atom stereocenters. The summed E-state index contributed by atoms with van der Waals surface area (Å²) in [7, 11) is 4.79. The number of carbonyl (C=O) groups is 2. The zero-order chi connectivity index (χ0) is 16.8. The van der Waals surface area contributed by atoms with Crippen LogP contribution in [0.3, 0.4) is 0 Å². The monoisotopic (exact) mass is 308 g/mol. The number of hydrogen-bond donors (Lipinski definition) is 0. The quantitative estimate of drug-likeness (QED) is 0.352. The van der Waals surface area contributed by atoms with Gasteiger partial charge in [0, 0.05) is 27.7 Å². The van der Waals surface area contributed by atoms with E-state index in [2.05, 4.69) is 13.0 Å². The highest BCUT2D eigenvalue weighted by Gasteiger charge is 2.18. The lowest BCUT2D eigenvalue weighted by atomic mass is 10.1. The van der Waals surface area contributed by atoms with E-state index in [9.17, 15) is 9.59 Å². The second-order valence-corrected chi connectivity index (χ2v) is 5.80. The molecule has 0 heterocycles. The van der Waals surface area contributed by atoms with E-state index >= 15 is 0 Å². The molecule has 0 spiro atoms. The summed E-state index contributed by atoms with van der Waals surface area (Å²) in [4.78, 5) is 25.9. The summed E-state index contributed by atoms with van der Waals surface area (Å²) < 4.78 is 0. The largest absolute Gasteiger partial charge is 0.341 e. The fourth-order valence-corrected chi connectivity index (χ4v) is 1.95. The summed E-state index contributed by atoms with van der Waals surface area (Å²) in [6, 6.07) is 0. The molecule has 0 rings (SSSR count). The van der Waals surface area contributed by atoms with Gasteiger partial charge in [0.05, 0.1) is 0 Å². The van der Waals surface area contributed by atoms with Crippen LogP contribution in [-0.4, -0.2) is 49.3 Å². The number of amides is 2. The number of likely N-dealkylation sites (N-methyl/N-ethyl adjacent to an activating group) is 2. The minimum Gasteiger partial charge on any atom is -0.341 e. The van der Waals surface area contributed by atoms with Gasteiger partial charge in [-0.3, -0.25) is 9.59 Å². The lowest BCUT2D eigenvalue weighted by Crippen LogP contribution is -2.40. The van der Waals surface area contributed by atoms with Crippen molar-refractivity contribution in [1.82, 2.24) is 9.80 Å². The van der Waals surface area contributed by atoms with E-state index in [1.54, 1.807) is 21.1 Å². The fraction of sp³-hybridized carbons (Fsp3) is 0.667. The van der Waals surface area contributed by atoms with Crippen LogP contribution in [-0.2, 0) is 9.59 Å². The molecule has 0 radical (unpaired) electrons. The molecule has 4 nitrogen and oxygen atoms in total. The van der Waals surface area contributed by atoms with Crippen molar-refractivity contribution in [3.63, 3.8) is 0 Å². The Morgan fingerprint density at radius 1 is 0.818 bits per heavy atom. The first-order chi connectivity index (χ1) is 10.5. The Labute approximate surface area is 135 Å². The Hall–Kier alpha value is -1.58. The topological polar surface area (TPSA) is 40.6 Å². The predicted molar refractivity (Wildman–Crippen MR) is 92.6 cm³/mol. The number of nitrogens with zero attached hydrogens (tertiary/aromatic N) is 2. The lowest BCUT2D eigenvalue weighted by Gasteiger charge is -2.16. The van der Waals surface area contributed by atoms with E-state index in [1.165, 1.54) is 48.3 Å². The first-order valence-electron chi connectivity index (χ1n) is 8.29. The van der Waals surface area contributed by atoms with Gasteiger partial charge >= 0.3 is 11.8 Å². The molecule has 22 heavy (non-hydrogen) atoms. The van der Waals surface area contributed by atoms with Gasteiger partial charge in [0.1, 0.15) is 0 Å². The highest BCUT2D eigenvalue weighted by atomic mass is 16.2. The van der Waals surface area contributed by atoms with E-state index in [1.807, 2.05) is 18.2 Å². The summed E-state index contributed by atoms with van der Waals surface area (Å²) in [5, 5.41) is 0. The average molecular weight is 308 g/mol. The molecule has 4 heteroatoms. The van der Waals surface area contributed by atoms with Crippen LogP contribution in [0.1, 0.15) is 51.9 Å². The second kappa shape index (κ2) is 13.1. The maximum absolute atomic E-state index is 11.7. The molecule has 0 atom stereocenters. The van der Waals surface area contributed by atoms with Crippen molar-refractivity contribution >= 4 is 11.8 Å². The van der Waals surface area contributed by atoms with E-state index in [0.29, 0.717) is 6.54 Å². The second-order valence-electron chi connectivity index (χ2n) is 5.80. The van der Waals surface area contributed by atoms with Crippen LogP contribution >= 0.6 is 0 Å². The van der Waals surface area contributed by atoms with Gasteiger partial charge in [-0.15, -0.1) is 0 Å².